The summed E-state index contributed by atoms with van der Waals surface area (Å²) >= 11 is 6.06. The molecule has 2 rings (SSSR count). The van der Waals surface area contributed by atoms with E-state index < -0.39 is 11.9 Å². The third kappa shape index (κ3) is 2.37. The lowest BCUT2D eigenvalue weighted by Gasteiger charge is -2.10. The lowest BCUT2D eigenvalue weighted by atomic mass is 10.1. The molecule has 0 amide bonds. The highest BCUT2D eigenvalue weighted by atomic mass is 35.5. The Balaban J connectivity index is 2.27. The number of hydrogen-bond donors (Lipinski definition) is 1. The van der Waals surface area contributed by atoms with Crippen molar-refractivity contribution in [3.63, 3.8) is 0 Å². The summed E-state index contributed by atoms with van der Waals surface area (Å²) in [6.45, 7) is 1.79. The van der Waals surface area contributed by atoms with Gasteiger partial charge >= 0.3 is 0 Å². The normalized spacial score (nSPS) is 12.7. The molecule has 0 aromatic carbocycles. The molecule has 2 aromatic rings. The molecule has 0 aliphatic rings. The van der Waals surface area contributed by atoms with E-state index >= 15 is 0 Å². The first-order valence-electron chi connectivity index (χ1n) is 5.47. The van der Waals surface area contributed by atoms with E-state index in [0.717, 1.165) is 5.69 Å². The van der Waals surface area contributed by atoms with Crippen LogP contribution in [0.25, 0.3) is 0 Å². The minimum Gasteiger partial charge on any atom is -0.386 e. The van der Waals surface area contributed by atoms with Crippen LogP contribution in [0.4, 0.5) is 4.39 Å². The van der Waals surface area contributed by atoms with Gasteiger partial charge < -0.3 is 5.11 Å². The van der Waals surface area contributed by atoms with Crippen LogP contribution in [0, 0.1) is 12.7 Å². The van der Waals surface area contributed by atoms with Gasteiger partial charge in [0.15, 0.2) is 0 Å². The van der Waals surface area contributed by atoms with E-state index in [4.69, 9.17) is 11.6 Å². The molecule has 2 heterocycles. The van der Waals surface area contributed by atoms with Crippen LogP contribution in [-0.4, -0.2) is 19.9 Å². The highest BCUT2D eigenvalue weighted by molar-refractivity contribution is 6.30. The number of aromatic nitrogens is 3. The zero-order valence-corrected chi connectivity index (χ0v) is 10.8. The van der Waals surface area contributed by atoms with Gasteiger partial charge in [0.25, 0.3) is 0 Å². The van der Waals surface area contributed by atoms with Crippen molar-refractivity contribution < 1.29 is 9.50 Å². The van der Waals surface area contributed by atoms with Crippen LogP contribution >= 0.6 is 11.6 Å². The van der Waals surface area contributed by atoms with Gasteiger partial charge in [0.05, 0.1) is 5.69 Å². The topological polar surface area (TPSA) is 50.9 Å². The van der Waals surface area contributed by atoms with Gasteiger partial charge in [0.1, 0.15) is 22.8 Å². The van der Waals surface area contributed by atoms with Crippen LogP contribution in [0.2, 0.25) is 5.15 Å². The first kappa shape index (κ1) is 13.0. The second kappa shape index (κ2) is 5.04. The van der Waals surface area contributed by atoms with E-state index in [9.17, 15) is 9.50 Å². The van der Waals surface area contributed by atoms with Gasteiger partial charge in [-0.15, -0.1) is 0 Å². The molecule has 0 aliphatic carbocycles. The Morgan fingerprint density at radius 3 is 2.83 bits per heavy atom. The van der Waals surface area contributed by atoms with Gasteiger partial charge in [-0.05, 0) is 19.1 Å². The summed E-state index contributed by atoms with van der Waals surface area (Å²) in [6.07, 6.45) is 0.595. The predicted molar refractivity (Wildman–Crippen MR) is 65.8 cm³/mol. The van der Waals surface area contributed by atoms with E-state index in [-0.39, 0.29) is 12.1 Å². The largest absolute Gasteiger partial charge is 0.386 e. The zero-order valence-electron chi connectivity index (χ0n) is 10.1. The molecule has 0 radical (unpaired) electrons. The molecule has 0 fully saturated rings. The average molecular weight is 270 g/mol. The summed E-state index contributed by atoms with van der Waals surface area (Å²) in [5, 5.41) is 14.6. The first-order valence-corrected chi connectivity index (χ1v) is 5.85. The molecule has 1 N–H and O–H groups in total. The van der Waals surface area contributed by atoms with Crippen molar-refractivity contribution in [3.05, 3.63) is 46.3 Å². The highest BCUT2D eigenvalue weighted by Crippen LogP contribution is 2.25. The van der Waals surface area contributed by atoms with Crippen LogP contribution in [0.1, 0.15) is 23.1 Å². The molecule has 0 spiro atoms. The Morgan fingerprint density at radius 1 is 1.56 bits per heavy atom. The number of rotatable bonds is 3. The maximum absolute atomic E-state index is 13.5. The fraction of sp³-hybridized carbons (Fsp3) is 0.333. The molecule has 0 aliphatic heterocycles. The van der Waals surface area contributed by atoms with Crippen molar-refractivity contribution in [2.75, 3.05) is 0 Å². The van der Waals surface area contributed by atoms with Gasteiger partial charge in [0.2, 0.25) is 0 Å². The number of pyridine rings is 1. The van der Waals surface area contributed by atoms with Gasteiger partial charge in [-0.25, -0.2) is 4.39 Å². The summed E-state index contributed by atoms with van der Waals surface area (Å²) in [5.41, 5.74) is 1.45. The third-order valence-electron chi connectivity index (χ3n) is 2.77. The van der Waals surface area contributed by atoms with E-state index in [2.05, 4.69) is 10.1 Å². The van der Waals surface area contributed by atoms with Crippen LogP contribution in [0.5, 0.6) is 0 Å². The molecule has 6 heteroatoms. The smallest absolute Gasteiger partial charge is 0.147 e. The summed E-state index contributed by atoms with van der Waals surface area (Å²) in [7, 11) is 1.71. The fourth-order valence-electron chi connectivity index (χ4n) is 1.84. The monoisotopic (exact) mass is 269 g/mol. The molecule has 2 aromatic heterocycles. The molecule has 0 saturated carbocycles. The predicted octanol–water partition coefficient (Wildman–Crippen LogP) is 2.19. The number of nitrogens with zero attached hydrogens (tertiary/aromatic N) is 3. The Labute approximate surface area is 109 Å². The Bertz CT molecular complexity index is 570. The van der Waals surface area contributed by atoms with Crippen molar-refractivity contribution >= 4 is 11.6 Å². The third-order valence-corrected chi connectivity index (χ3v) is 3.24. The number of aliphatic hydroxyl groups is 1. The molecule has 18 heavy (non-hydrogen) atoms. The summed E-state index contributed by atoms with van der Waals surface area (Å²) in [4.78, 5) is 3.85. The van der Waals surface area contributed by atoms with Crippen molar-refractivity contribution in [1.29, 1.82) is 0 Å². The minimum absolute atomic E-state index is 0.0248. The second-order valence-electron chi connectivity index (χ2n) is 4.07. The van der Waals surface area contributed by atoms with Crippen LogP contribution in [0.15, 0.2) is 18.3 Å². The van der Waals surface area contributed by atoms with E-state index in [1.54, 1.807) is 14.0 Å². The van der Waals surface area contributed by atoms with Crippen LogP contribution < -0.4 is 0 Å². The van der Waals surface area contributed by atoms with Crippen molar-refractivity contribution in [2.24, 2.45) is 7.05 Å². The zero-order chi connectivity index (χ0) is 13.3. The Kier molecular flexibility index (Phi) is 3.63. The number of aliphatic hydroxyl groups excluding tert-OH is 1. The molecular weight excluding hydrogens is 257 g/mol. The number of aryl methyl sites for hydroxylation is 2. The molecule has 1 atom stereocenters. The number of halogens is 2. The first-order chi connectivity index (χ1) is 8.50. The van der Waals surface area contributed by atoms with Gasteiger partial charge in [-0.3, -0.25) is 9.67 Å². The molecule has 0 bridgehead atoms. The van der Waals surface area contributed by atoms with Crippen molar-refractivity contribution in [2.45, 2.75) is 19.4 Å². The summed E-state index contributed by atoms with van der Waals surface area (Å²) in [6, 6.07) is 2.75. The van der Waals surface area contributed by atoms with Gasteiger partial charge in [-0.2, -0.15) is 5.10 Å². The number of hydrogen-bond acceptors (Lipinski definition) is 3. The Hall–Kier alpha value is -1.46. The molecule has 0 saturated heterocycles. The quantitative estimate of drug-likeness (QED) is 0.929. The lowest BCUT2D eigenvalue weighted by molar-refractivity contribution is 0.168. The van der Waals surface area contributed by atoms with Crippen molar-refractivity contribution in [3.8, 4) is 0 Å². The fourth-order valence-corrected chi connectivity index (χ4v) is 2.09. The van der Waals surface area contributed by atoms with Crippen molar-refractivity contribution in [1.82, 2.24) is 14.8 Å². The minimum atomic E-state index is -1.04. The van der Waals surface area contributed by atoms with Gasteiger partial charge in [0, 0.05) is 25.2 Å². The average Bonchev–Trinajstić information content (AvgIpc) is 2.56. The molecular formula is C12H13ClFN3O. The standard InChI is InChI=1S/C12H13ClFN3O/c1-7-8(12(13)17(2)16-7)6-10(18)11-9(14)4-3-5-15-11/h3-5,10,18H,6H2,1-2H3. The summed E-state index contributed by atoms with van der Waals surface area (Å²) < 4.78 is 15.0. The maximum Gasteiger partial charge on any atom is 0.147 e. The van der Waals surface area contributed by atoms with Crippen LogP contribution in [0.3, 0.4) is 0 Å². The van der Waals surface area contributed by atoms with E-state index in [1.165, 1.54) is 23.0 Å². The lowest BCUT2D eigenvalue weighted by Crippen LogP contribution is -2.07. The molecule has 1 unspecified atom stereocenters. The van der Waals surface area contributed by atoms with E-state index in [0.29, 0.717) is 10.7 Å². The molecule has 96 valence electrons. The molecule has 4 nitrogen and oxygen atoms in total. The summed E-state index contributed by atoms with van der Waals surface area (Å²) in [5.74, 6) is -0.525. The van der Waals surface area contributed by atoms with E-state index in [1.807, 2.05) is 0 Å². The Morgan fingerprint density at radius 2 is 2.28 bits per heavy atom. The highest BCUT2D eigenvalue weighted by Gasteiger charge is 2.19. The second-order valence-corrected chi connectivity index (χ2v) is 4.43. The SMILES string of the molecule is Cc1nn(C)c(Cl)c1CC(O)c1ncccc1F. The maximum atomic E-state index is 13.5. The van der Waals surface area contributed by atoms with Crippen LogP contribution in [-0.2, 0) is 13.5 Å². The van der Waals surface area contributed by atoms with Gasteiger partial charge in [-0.1, -0.05) is 11.6 Å².